The number of carbonyl (C=O) groups is 1. The molecule has 4 heteroatoms. The van der Waals surface area contributed by atoms with Crippen LogP contribution in [-0.4, -0.2) is 36.1 Å². The van der Waals surface area contributed by atoms with Crippen LogP contribution in [0.15, 0.2) is 42.5 Å². The molecule has 0 bridgehead atoms. The normalized spacial score (nSPS) is 23.3. The first kappa shape index (κ1) is 14.0. The molecule has 3 rings (SSSR count). The Morgan fingerprint density at radius 3 is 2.86 bits per heavy atom. The smallest absolute Gasteiger partial charge is 0.250 e. The maximum absolute atomic E-state index is 11.6. The summed E-state index contributed by atoms with van der Waals surface area (Å²) in [6.07, 6.45) is 0. The van der Waals surface area contributed by atoms with Gasteiger partial charge >= 0.3 is 0 Å². The Balaban J connectivity index is 1.84. The van der Waals surface area contributed by atoms with Gasteiger partial charge in [-0.3, -0.25) is 9.69 Å². The Morgan fingerprint density at radius 1 is 1.29 bits per heavy atom. The molecule has 0 aromatic heterocycles. The van der Waals surface area contributed by atoms with Crippen molar-refractivity contribution in [3.63, 3.8) is 0 Å². The highest BCUT2D eigenvalue weighted by Gasteiger charge is 2.37. The molecule has 110 valence electrons. The number of hydrogen-bond donors (Lipinski definition) is 1. The molecule has 0 radical (unpaired) electrons. The second-order valence-corrected chi connectivity index (χ2v) is 5.79. The van der Waals surface area contributed by atoms with E-state index in [9.17, 15) is 4.79 Å². The summed E-state index contributed by atoms with van der Waals surface area (Å²) in [6, 6.07) is 14.7. The Hall–Kier alpha value is -1.91. The van der Waals surface area contributed by atoms with Crippen LogP contribution >= 0.6 is 0 Å². The standard InChI is InChI=1S/C17H20N2O2/c1-17(16(18)20)12-19(9-10-21-17)11-14-7-4-6-13-5-2-3-8-15(13)14/h2-8H,9-12H2,1H3,(H2,18,20). The summed E-state index contributed by atoms with van der Waals surface area (Å²) < 4.78 is 5.57. The van der Waals surface area contributed by atoms with Crippen molar-refractivity contribution in [1.29, 1.82) is 0 Å². The Bertz CT molecular complexity index is 665. The first-order valence-electron chi connectivity index (χ1n) is 7.21. The molecule has 0 saturated carbocycles. The third-order valence-corrected chi connectivity index (χ3v) is 4.15. The van der Waals surface area contributed by atoms with Crippen molar-refractivity contribution in [3.05, 3.63) is 48.0 Å². The molecule has 21 heavy (non-hydrogen) atoms. The van der Waals surface area contributed by atoms with Crippen LogP contribution in [0.25, 0.3) is 10.8 Å². The fourth-order valence-electron chi connectivity index (χ4n) is 2.91. The molecule has 4 nitrogen and oxygen atoms in total. The van der Waals surface area contributed by atoms with Crippen LogP contribution in [0.1, 0.15) is 12.5 Å². The van der Waals surface area contributed by atoms with Gasteiger partial charge in [0.15, 0.2) is 5.60 Å². The molecular formula is C17H20N2O2. The van der Waals surface area contributed by atoms with Crippen LogP contribution in [0.3, 0.4) is 0 Å². The van der Waals surface area contributed by atoms with Crippen LogP contribution in [-0.2, 0) is 16.1 Å². The zero-order chi connectivity index (χ0) is 14.9. The van der Waals surface area contributed by atoms with Gasteiger partial charge in [-0.15, -0.1) is 0 Å². The van der Waals surface area contributed by atoms with Gasteiger partial charge in [-0.05, 0) is 23.3 Å². The van der Waals surface area contributed by atoms with Crippen LogP contribution in [0.4, 0.5) is 0 Å². The van der Waals surface area contributed by atoms with E-state index in [1.807, 2.05) is 6.07 Å². The minimum atomic E-state index is -0.886. The van der Waals surface area contributed by atoms with Crippen molar-refractivity contribution in [3.8, 4) is 0 Å². The van der Waals surface area contributed by atoms with E-state index in [-0.39, 0.29) is 0 Å². The summed E-state index contributed by atoms with van der Waals surface area (Å²) in [6.45, 7) is 4.44. The predicted octanol–water partition coefficient (Wildman–Crippen LogP) is 1.92. The van der Waals surface area contributed by atoms with E-state index in [0.29, 0.717) is 13.2 Å². The van der Waals surface area contributed by atoms with Gasteiger partial charge in [0.05, 0.1) is 6.61 Å². The molecule has 1 unspecified atom stereocenters. The molecule has 1 amide bonds. The lowest BCUT2D eigenvalue weighted by atomic mass is 10.0. The highest BCUT2D eigenvalue weighted by molar-refractivity contribution is 5.85. The summed E-state index contributed by atoms with van der Waals surface area (Å²) >= 11 is 0. The minimum Gasteiger partial charge on any atom is -0.367 e. The highest BCUT2D eigenvalue weighted by atomic mass is 16.5. The van der Waals surface area contributed by atoms with Crippen molar-refractivity contribution in [2.24, 2.45) is 5.73 Å². The van der Waals surface area contributed by atoms with E-state index in [0.717, 1.165) is 13.1 Å². The van der Waals surface area contributed by atoms with Gasteiger partial charge < -0.3 is 10.5 Å². The van der Waals surface area contributed by atoms with Gasteiger partial charge in [-0.2, -0.15) is 0 Å². The van der Waals surface area contributed by atoms with Crippen molar-refractivity contribution in [1.82, 2.24) is 4.90 Å². The van der Waals surface area contributed by atoms with Gasteiger partial charge in [0.1, 0.15) is 0 Å². The summed E-state index contributed by atoms with van der Waals surface area (Å²) in [5, 5.41) is 2.49. The van der Waals surface area contributed by atoms with Crippen LogP contribution < -0.4 is 5.73 Å². The summed E-state index contributed by atoms with van der Waals surface area (Å²) in [5.74, 6) is -0.398. The number of hydrogen-bond acceptors (Lipinski definition) is 3. The maximum Gasteiger partial charge on any atom is 0.250 e. The van der Waals surface area contributed by atoms with Crippen LogP contribution in [0.2, 0.25) is 0 Å². The number of rotatable bonds is 3. The zero-order valence-corrected chi connectivity index (χ0v) is 12.2. The first-order chi connectivity index (χ1) is 10.1. The van der Waals surface area contributed by atoms with Crippen molar-refractivity contribution < 1.29 is 9.53 Å². The molecule has 2 aromatic carbocycles. The van der Waals surface area contributed by atoms with Gasteiger partial charge in [0, 0.05) is 19.6 Å². The van der Waals surface area contributed by atoms with Crippen molar-refractivity contribution in [2.45, 2.75) is 19.1 Å². The molecule has 1 fully saturated rings. The van der Waals surface area contributed by atoms with Crippen molar-refractivity contribution >= 4 is 16.7 Å². The molecule has 1 saturated heterocycles. The Kier molecular flexibility index (Phi) is 3.66. The minimum absolute atomic E-state index is 0.398. The number of nitrogens with zero attached hydrogens (tertiary/aromatic N) is 1. The molecular weight excluding hydrogens is 264 g/mol. The second kappa shape index (κ2) is 5.47. The lowest BCUT2D eigenvalue weighted by Crippen LogP contribution is -2.56. The van der Waals surface area contributed by atoms with E-state index >= 15 is 0 Å². The highest BCUT2D eigenvalue weighted by Crippen LogP contribution is 2.23. The first-order valence-corrected chi connectivity index (χ1v) is 7.21. The topological polar surface area (TPSA) is 55.6 Å². The quantitative estimate of drug-likeness (QED) is 0.937. The van der Waals surface area contributed by atoms with Crippen LogP contribution in [0, 0.1) is 0 Å². The maximum atomic E-state index is 11.6. The van der Waals surface area contributed by atoms with Gasteiger partial charge in [-0.1, -0.05) is 42.5 Å². The average Bonchev–Trinajstić information content (AvgIpc) is 2.48. The predicted molar refractivity (Wildman–Crippen MR) is 82.8 cm³/mol. The molecule has 1 aliphatic rings. The molecule has 1 heterocycles. The number of amides is 1. The number of benzene rings is 2. The summed E-state index contributed by atoms with van der Waals surface area (Å²) in [7, 11) is 0. The molecule has 1 aliphatic heterocycles. The molecule has 0 aliphatic carbocycles. The average molecular weight is 284 g/mol. The largest absolute Gasteiger partial charge is 0.367 e. The van der Waals surface area contributed by atoms with E-state index < -0.39 is 11.5 Å². The lowest BCUT2D eigenvalue weighted by Gasteiger charge is -2.38. The number of fused-ring (bicyclic) bond motifs is 1. The molecule has 2 N–H and O–H groups in total. The number of nitrogens with two attached hydrogens (primary N) is 1. The van der Waals surface area contributed by atoms with E-state index in [1.54, 1.807) is 6.92 Å². The molecule has 2 aromatic rings. The number of primary amides is 1. The summed E-state index contributed by atoms with van der Waals surface area (Å²) in [4.78, 5) is 13.8. The number of carbonyl (C=O) groups excluding carboxylic acids is 1. The second-order valence-electron chi connectivity index (χ2n) is 5.79. The zero-order valence-electron chi connectivity index (χ0n) is 12.2. The third-order valence-electron chi connectivity index (χ3n) is 4.15. The monoisotopic (exact) mass is 284 g/mol. The SMILES string of the molecule is CC1(C(N)=O)CN(Cc2cccc3ccccc23)CCO1. The van der Waals surface area contributed by atoms with Gasteiger partial charge in [0.25, 0.3) is 5.91 Å². The fraction of sp³-hybridized carbons (Fsp3) is 0.353. The van der Waals surface area contributed by atoms with Crippen LogP contribution in [0.5, 0.6) is 0 Å². The molecule has 1 atom stereocenters. The van der Waals surface area contributed by atoms with E-state index in [2.05, 4.69) is 41.3 Å². The Labute approximate surface area is 124 Å². The fourth-order valence-corrected chi connectivity index (χ4v) is 2.91. The number of ether oxygens (including phenoxy) is 1. The third kappa shape index (κ3) is 2.77. The molecule has 0 spiro atoms. The lowest BCUT2D eigenvalue weighted by molar-refractivity contribution is -0.153. The summed E-state index contributed by atoms with van der Waals surface area (Å²) in [5.41, 5.74) is 5.84. The Morgan fingerprint density at radius 2 is 2.05 bits per heavy atom. The van der Waals surface area contributed by atoms with E-state index in [1.165, 1.54) is 16.3 Å². The van der Waals surface area contributed by atoms with Gasteiger partial charge in [-0.25, -0.2) is 0 Å². The number of morpholine rings is 1. The van der Waals surface area contributed by atoms with E-state index in [4.69, 9.17) is 10.5 Å². The van der Waals surface area contributed by atoms with Gasteiger partial charge in [0.2, 0.25) is 0 Å². The van der Waals surface area contributed by atoms with Crippen molar-refractivity contribution in [2.75, 3.05) is 19.7 Å².